The number of nitrogens with zero attached hydrogens (tertiary/aromatic N) is 1. The van der Waals surface area contributed by atoms with Crippen molar-refractivity contribution in [3.63, 3.8) is 0 Å². The van der Waals surface area contributed by atoms with Crippen LogP contribution in [0.5, 0.6) is 0 Å². The first-order valence-electron chi connectivity index (χ1n) is 9.32. The summed E-state index contributed by atoms with van der Waals surface area (Å²) in [5, 5.41) is 19.3. The van der Waals surface area contributed by atoms with Gasteiger partial charge in [-0.3, -0.25) is 4.90 Å². The van der Waals surface area contributed by atoms with E-state index in [0.29, 0.717) is 19.6 Å². The minimum absolute atomic E-state index is 0.393. The van der Waals surface area contributed by atoms with Crippen LogP contribution in [0.2, 0.25) is 0 Å². The number of nitrogens with one attached hydrogen (secondary N) is 1. The van der Waals surface area contributed by atoms with Gasteiger partial charge >= 0.3 is 0 Å². The normalized spacial score (nSPS) is 21.3. The molecule has 4 heteroatoms. The molecule has 1 aliphatic heterocycles. The number of likely N-dealkylation sites (N-methyl/N-ethyl adjacent to an activating group) is 1. The zero-order valence-electron chi connectivity index (χ0n) is 15.2. The fourth-order valence-electron chi connectivity index (χ4n) is 3.73. The summed E-state index contributed by atoms with van der Waals surface area (Å²) in [6, 6.07) is 19.3. The van der Waals surface area contributed by atoms with Gasteiger partial charge in [0.05, 0.1) is 13.2 Å². The standard InChI is InChI=1S/C22H26N2O2/c1-24-12-13-26-16-22(24,25)10-5-11-23-21-9-4-8-19-14-17-6-2-3-7-18(17)15-20(19)21/h2-4,6-9,14-15,23,25H,5,10-13,16H2,1H3. The Morgan fingerprint density at radius 3 is 2.65 bits per heavy atom. The zero-order valence-corrected chi connectivity index (χ0v) is 15.2. The highest BCUT2D eigenvalue weighted by Gasteiger charge is 2.34. The van der Waals surface area contributed by atoms with Crippen LogP contribution in [0.3, 0.4) is 0 Å². The van der Waals surface area contributed by atoms with Gasteiger partial charge in [-0.05, 0) is 54.2 Å². The average Bonchev–Trinajstić information content (AvgIpc) is 2.66. The minimum atomic E-state index is -0.838. The molecule has 1 aliphatic rings. The third-order valence-corrected chi connectivity index (χ3v) is 5.43. The number of fused-ring (bicyclic) bond motifs is 2. The minimum Gasteiger partial charge on any atom is -0.385 e. The molecule has 26 heavy (non-hydrogen) atoms. The van der Waals surface area contributed by atoms with Crippen molar-refractivity contribution in [1.29, 1.82) is 0 Å². The van der Waals surface area contributed by atoms with Gasteiger partial charge in [-0.25, -0.2) is 0 Å². The number of hydrogen-bond donors (Lipinski definition) is 2. The molecule has 2 N–H and O–H groups in total. The summed E-state index contributed by atoms with van der Waals surface area (Å²) in [6.45, 7) is 2.69. The van der Waals surface area contributed by atoms with E-state index in [0.717, 1.165) is 25.2 Å². The Hall–Kier alpha value is -2.14. The average molecular weight is 350 g/mol. The summed E-state index contributed by atoms with van der Waals surface area (Å²) in [7, 11) is 1.96. The summed E-state index contributed by atoms with van der Waals surface area (Å²) in [5.41, 5.74) is 0.308. The van der Waals surface area contributed by atoms with Gasteiger partial charge in [-0.15, -0.1) is 0 Å². The molecule has 1 atom stereocenters. The second kappa shape index (κ2) is 7.23. The zero-order chi connectivity index (χ0) is 18.0. The molecule has 3 aromatic carbocycles. The first-order valence-corrected chi connectivity index (χ1v) is 9.32. The molecule has 0 aromatic heterocycles. The van der Waals surface area contributed by atoms with E-state index in [9.17, 15) is 5.11 Å². The van der Waals surface area contributed by atoms with Crippen LogP contribution in [0.15, 0.2) is 54.6 Å². The largest absolute Gasteiger partial charge is 0.385 e. The first-order chi connectivity index (χ1) is 12.7. The van der Waals surface area contributed by atoms with E-state index in [4.69, 9.17) is 4.74 Å². The molecule has 136 valence electrons. The van der Waals surface area contributed by atoms with E-state index < -0.39 is 5.72 Å². The van der Waals surface area contributed by atoms with Gasteiger partial charge in [-0.1, -0.05) is 36.4 Å². The SMILES string of the molecule is CN1CCOCC1(O)CCCNc1cccc2cc3ccccc3cc12. The molecule has 1 fully saturated rings. The van der Waals surface area contributed by atoms with Gasteiger partial charge in [0.1, 0.15) is 5.72 Å². The Morgan fingerprint density at radius 1 is 1.08 bits per heavy atom. The maximum Gasteiger partial charge on any atom is 0.141 e. The number of benzene rings is 3. The Bertz CT molecular complexity index is 911. The maximum absolute atomic E-state index is 10.7. The Labute approximate surface area is 154 Å². The molecule has 3 aromatic rings. The van der Waals surface area contributed by atoms with E-state index in [1.54, 1.807) is 0 Å². The monoisotopic (exact) mass is 350 g/mol. The lowest BCUT2D eigenvalue weighted by Gasteiger charge is -2.40. The highest BCUT2D eigenvalue weighted by Crippen LogP contribution is 2.29. The third kappa shape index (κ3) is 3.40. The summed E-state index contributed by atoms with van der Waals surface area (Å²) >= 11 is 0. The number of morpholine rings is 1. The van der Waals surface area contributed by atoms with Crippen molar-refractivity contribution in [2.45, 2.75) is 18.6 Å². The fourth-order valence-corrected chi connectivity index (χ4v) is 3.73. The maximum atomic E-state index is 10.7. The van der Waals surface area contributed by atoms with E-state index >= 15 is 0 Å². The van der Waals surface area contributed by atoms with E-state index in [2.05, 4.69) is 59.9 Å². The van der Waals surface area contributed by atoms with Crippen molar-refractivity contribution in [3.8, 4) is 0 Å². The second-order valence-electron chi connectivity index (χ2n) is 7.21. The molecular weight excluding hydrogens is 324 g/mol. The van der Waals surface area contributed by atoms with Gasteiger partial charge in [0, 0.05) is 24.2 Å². The molecule has 0 radical (unpaired) electrons. The number of ether oxygens (including phenoxy) is 1. The number of hydrogen-bond acceptors (Lipinski definition) is 4. The summed E-state index contributed by atoms with van der Waals surface area (Å²) in [5.74, 6) is 0. The number of rotatable bonds is 5. The Morgan fingerprint density at radius 2 is 1.85 bits per heavy atom. The molecule has 4 rings (SSSR count). The lowest BCUT2D eigenvalue weighted by molar-refractivity contribution is -0.183. The van der Waals surface area contributed by atoms with Crippen LogP contribution in [-0.2, 0) is 4.74 Å². The van der Waals surface area contributed by atoms with Gasteiger partial charge < -0.3 is 15.2 Å². The van der Waals surface area contributed by atoms with Gasteiger partial charge in [0.2, 0.25) is 0 Å². The first kappa shape index (κ1) is 17.3. The van der Waals surface area contributed by atoms with Crippen LogP contribution in [0.25, 0.3) is 21.5 Å². The van der Waals surface area contributed by atoms with Crippen molar-refractivity contribution in [3.05, 3.63) is 54.6 Å². The molecule has 0 aliphatic carbocycles. The van der Waals surface area contributed by atoms with Crippen molar-refractivity contribution < 1.29 is 9.84 Å². The highest BCUT2D eigenvalue weighted by atomic mass is 16.5. The van der Waals surface area contributed by atoms with Crippen molar-refractivity contribution in [2.24, 2.45) is 0 Å². The second-order valence-corrected chi connectivity index (χ2v) is 7.21. The lowest BCUT2D eigenvalue weighted by Crippen LogP contribution is -2.55. The van der Waals surface area contributed by atoms with Crippen LogP contribution < -0.4 is 5.32 Å². The number of anilines is 1. The van der Waals surface area contributed by atoms with Gasteiger partial charge in [-0.2, -0.15) is 0 Å². The van der Waals surface area contributed by atoms with Crippen LogP contribution in [0.4, 0.5) is 5.69 Å². The summed E-state index contributed by atoms with van der Waals surface area (Å²) < 4.78 is 5.46. The topological polar surface area (TPSA) is 44.7 Å². The molecule has 0 bridgehead atoms. The molecule has 0 spiro atoms. The molecule has 1 heterocycles. The smallest absolute Gasteiger partial charge is 0.141 e. The fraction of sp³-hybridized carbons (Fsp3) is 0.364. The molecular formula is C22H26N2O2. The molecule has 1 unspecified atom stereocenters. The van der Waals surface area contributed by atoms with E-state index in [-0.39, 0.29) is 0 Å². The summed E-state index contributed by atoms with van der Waals surface area (Å²) in [4.78, 5) is 2.00. The third-order valence-electron chi connectivity index (χ3n) is 5.43. The van der Waals surface area contributed by atoms with Gasteiger partial charge in [0.25, 0.3) is 0 Å². The van der Waals surface area contributed by atoms with Crippen LogP contribution in [0.1, 0.15) is 12.8 Å². The quantitative estimate of drug-likeness (QED) is 0.542. The predicted molar refractivity (Wildman–Crippen MR) is 108 cm³/mol. The Kier molecular flexibility index (Phi) is 4.81. The molecule has 4 nitrogen and oxygen atoms in total. The van der Waals surface area contributed by atoms with Gasteiger partial charge in [0.15, 0.2) is 0 Å². The van der Waals surface area contributed by atoms with E-state index in [1.807, 2.05) is 11.9 Å². The highest BCUT2D eigenvalue weighted by molar-refractivity contribution is 6.03. The predicted octanol–water partition coefficient (Wildman–Crippen LogP) is 3.84. The van der Waals surface area contributed by atoms with Crippen LogP contribution >= 0.6 is 0 Å². The Balaban J connectivity index is 1.46. The molecule has 0 saturated carbocycles. The van der Waals surface area contributed by atoms with Crippen LogP contribution in [0, 0.1) is 0 Å². The number of aliphatic hydroxyl groups is 1. The van der Waals surface area contributed by atoms with Crippen molar-refractivity contribution >= 4 is 27.2 Å². The van der Waals surface area contributed by atoms with Crippen LogP contribution in [-0.4, -0.2) is 49.1 Å². The molecule has 1 saturated heterocycles. The lowest BCUT2D eigenvalue weighted by atomic mass is 10.0. The van der Waals surface area contributed by atoms with Crippen molar-refractivity contribution in [1.82, 2.24) is 4.90 Å². The van der Waals surface area contributed by atoms with E-state index in [1.165, 1.54) is 21.5 Å². The van der Waals surface area contributed by atoms with Crippen molar-refractivity contribution in [2.75, 3.05) is 38.7 Å². The molecule has 0 amide bonds. The summed E-state index contributed by atoms with van der Waals surface area (Å²) in [6.07, 6.45) is 1.58.